The molecule has 0 radical (unpaired) electrons. The number of benzene rings is 3. The Labute approximate surface area is 376 Å². The third-order valence-corrected chi connectivity index (χ3v) is 12.8. The minimum absolute atomic E-state index is 0.0109. The number of rotatable bonds is 17. The van der Waals surface area contributed by atoms with Crippen LogP contribution in [0.1, 0.15) is 93.8 Å². The number of nitrogens with two attached hydrogens (primary N) is 2. The summed E-state index contributed by atoms with van der Waals surface area (Å²) in [6, 6.07) is 19.6. The van der Waals surface area contributed by atoms with Crippen molar-refractivity contribution in [2.45, 2.75) is 107 Å². The molecule has 7 amide bonds. The highest BCUT2D eigenvalue weighted by molar-refractivity contribution is 6.00. The van der Waals surface area contributed by atoms with E-state index in [4.69, 9.17) is 11.5 Å². The molecule has 7 rings (SSSR count). The zero-order valence-corrected chi connectivity index (χ0v) is 36.6. The van der Waals surface area contributed by atoms with Gasteiger partial charge in [0.25, 0.3) is 0 Å². The summed E-state index contributed by atoms with van der Waals surface area (Å²) in [6.45, 7) is 1.00. The molecular formula is C47H58N10O8. The Kier molecular flexibility index (Phi) is 14.8. The molecule has 3 saturated heterocycles. The van der Waals surface area contributed by atoms with Gasteiger partial charge in [-0.15, -0.1) is 0 Å². The normalized spacial score (nSPS) is 20.4. The molecular weight excluding hydrogens is 833 g/mol. The molecule has 0 spiro atoms. The lowest BCUT2D eigenvalue weighted by Crippen LogP contribution is -2.60. The molecule has 8 N–H and O–H groups in total. The summed E-state index contributed by atoms with van der Waals surface area (Å²) in [7, 11) is 1.65. The van der Waals surface area contributed by atoms with E-state index in [9.17, 15) is 38.4 Å². The van der Waals surface area contributed by atoms with Crippen LogP contribution in [0, 0.1) is 0 Å². The van der Waals surface area contributed by atoms with Gasteiger partial charge in [0.1, 0.15) is 24.2 Å². The Morgan fingerprint density at radius 2 is 1.52 bits per heavy atom. The van der Waals surface area contributed by atoms with Gasteiger partial charge in [0.05, 0.1) is 17.1 Å². The molecule has 3 aliphatic rings. The van der Waals surface area contributed by atoms with E-state index in [0.29, 0.717) is 49.8 Å². The van der Waals surface area contributed by atoms with Gasteiger partial charge in [-0.25, -0.2) is 4.79 Å². The van der Waals surface area contributed by atoms with E-state index in [-0.39, 0.29) is 62.2 Å². The second kappa shape index (κ2) is 20.8. The van der Waals surface area contributed by atoms with E-state index in [0.717, 1.165) is 29.7 Å². The average Bonchev–Trinajstić information content (AvgIpc) is 3.83. The Balaban J connectivity index is 0.895. The fourth-order valence-electron chi connectivity index (χ4n) is 9.28. The third-order valence-electron chi connectivity index (χ3n) is 12.8. The number of nitrogens with one attached hydrogen (secondary N) is 4. The molecule has 4 heterocycles. The van der Waals surface area contributed by atoms with Gasteiger partial charge >= 0.3 is 5.69 Å². The molecule has 344 valence electrons. The van der Waals surface area contributed by atoms with Crippen molar-refractivity contribution in [1.29, 1.82) is 0 Å². The van der Waals surface area contributed by atoms with Crippen LogP contribution in [0.4, 0.5) is 5.69 Å². The first kappa shape index (κ1) is 46.2. The largest absolute Gasteiger partial charge is 0.385 e. The molecule has 5 atom stereocenters. The molecule has 0 saturated carbocycles. The highest BCUT2D eigenvalue weighted by Crippen LogP contribution is 2.30. The number of hydrogen-bond donors (Lipinski definition) is 6. The molecule has 65 heavy (non-hydrogen) atoms. The smallest absolute Gasteiger partial charge is 0.329 e. The summed E-state index contributed by atoms with van der Waals surface area (Å²) in [5.74, 6) is -3.00. The first-order valence-corrected chi connectivity index (χ1v) is 22.4. The van der Waals surface area contributed by atoms with Crippen LogP contribution < -0.4 is 38.4 Å². The summed E-state index contributed by atoms with van der Waals surface area (Å²) in [5.41, 5.74) is 15.3. The van der Waals surface area contributed by atoms with Gasteiger partial charge in [-0.05, 0) is 74.3 Å². The van der Waals surface area contributed by atoms with Crippen LogP contribution in [-0.2, 0) is 40.6 Å². The van der Waals surface area contributed by atoms with Crippen LogP contribution in [0.5, 0.6) is 0 Å². The van der Waals surface area contributed by atoms with Crippen molar-refractivity contribution in [3.8, 4) is 0 Å². The fraction of sp³-hybridized carbons (Fsp3) is 0.447. The summed E-state index contributed by atoms with van der Waals surface area (Å²) in [6.07, 6.45) is 4.01. The minimum atomic E-state index is -1.11. The van der Waals surface area contributed by atoms with Crippen LogP contribution in [0.2, 0.25) is 0 Å². The molecule has 0 aliphatic carbocycles. The number of unbranched alkanes of at least 4 members (excludes halogenated alkanes) is 2. The maximum atomic E-state index is 14.0. The number of carbonyl (C=O) groups excluding carboxylic acids is 7. The van der Waals surface area contributed by atoms with Gasteiger partial charge in [0, 0.05) is 57.7 Å². The van der Waals surface area contributed by atoms with E-state index < -0.39 is 59.7 Å². The number of aromatic nitrogens is 2. The fourth-order valence-corrected chi connectivity index (χ4v) is 9.28. The molecule has 18 heteroatoms. The van der Waals surface area contributed by atoms with Crippen LogP contribution in [-0.4, -0.2) is 104 Å². The van der Waals surface area contributed by atoms with E-state index >= 15 is 0 Å². The van der Waals surface area contributed by atoms with Crippen molar-refractivity contribution in [3.63, 3.8) is 0 Å². The third kappa shape index (κ3) is 10.8. The van der Waals surface area contributed by atoms with Crippen molar-refractivity contribution >= 4 is 58.1 Å². The maximum Gasteiger partial charge on any atom is 0.329 e. The monoisotopic (exact) mass is 890 g/mol. The Hall–Kier alpha value is -6.82. The summed E-state index contributed by atoms with van der Waals surface area (Å²) < 4.78 is 2.93. The van der Waals surface area contributed by atoms with Crippen molar-refractivity contribution < 1.29 is 33.6 Å². The molecule has 18 nitrogen and oxygen atoms in total. The van der Waals surface area contributed by atoms with Gasteiger partial charge < -0.3 is 37.2 Å². The van der Waals surface area contributed by atoms with Gasteiger partial charge in [-0.2, -0.15) is 0 Å². The standard InChI is InChI=1S/C47H58N10O8/c1-54-38-27-31(16-19-35(38)57(47(54)65)37-21-23-40(59)52-45(37)63)50-25-10-4-9-15-41(60)55-26-24-32-17-20-36(56(32)46(64)33(48)28-55)44(62)51-34(18-22-39(49)58)43(61)53-42(29-11-5-2-6-12-29)30-13-7-3-8-14-30/h2-3,5-8,11-14,16,19,27,32-34,36-37,42,50H,4,9-10,15,17-18,20-26,28,48H2,1H3,(H2,49,58)(H,51,62)(H,53,61)(H,52,59,63)/t32-,33+,34+,36+,37?/m1/s1. The SMILES string of the molecule is Cn1c(=O)n(C2CCC(=O)NC2=O)c2ccc(NCCCCCC(=O)N3CC[C@H]4CC[C@@H](C(=O)N[C@@H](CCC(N)=O)C(=O)NC(c5ccccc5)c5ccccc5)N4C(=O)[C@@H](N)C3)cc21. The second-order valence-corrected chi connectivity index (χ2v) is 17.2. The Morgan fingerprint density at radius 1 is 0.815 bits per heavy atom. The maximum absolute atomic E-state index is 14.0. The van der Waals surface area contributed by atoms with E-state index in [1.807, 2.05) is 72.8 Å². The second-order valence-electron chi connectivity index (χ2n) is 17.2. The Morgan fingerprint density at radius 3 is 2.20 bits per heavy atom. The number of nitrogens with zero attached hydrogens (tertiary/aromatic N) is 4. The van der Waals surface area contributed by atoms with Crippen molar-refractivity contribution in [3.05, 3.63) is 100 Å². The van der Waals surface area contributed by atoms with Crippen LogP contribution >= 0.6 is 0 Å². The van der Waals surface area contributed by atoms with Gasteiger partial charge in [0.2, 0.25) is 41.4 Å². The number of carbonyl (C=O) groups is 7. The highest BCUT2D eigenvalue weighted by Gasteiger charge is 2.45. The lowest BCUT2D eigenvalue weighted by Gasteiger charge is -2.37. The van der Waals surface area contributed by atoms with E-state index in [1.54, 1.807) is 18.0 Å². The molecule has 3 aliphatic heterocycles. The number of primary amides is 1. The number of imide groups is 1. The molecule has 3 aromatic carbocycles. The topological polar surface area (TPSA) is 253 Å². The number of amides is 7. The van der Waals surface area contributed by atoms with Crippen LogP contribution in [0.3, 0.4) is 0 Å². The zero-order chi connectivity index (χ0) is 46.2. The minimum Gasteiger partial charge on any atom is -0.385 e. The van der Waals surface area contributed by atoms with Gasteiger partial charge in [-0.1, -0.05) is 67.1 Å². The lowest BCUT2D eigenvalue weighted by atomic mass is 9.98. The quantitative estimate of drug-likeness (QED) is 0.0663. The predicted molar refractivity (Wildman–Crippen MR) is 242 cm³/mol. The summed E-state index contributed by atoms with van der Waals surface area (Å²) in [4.78, 5) is 108. The van der Waals surface area contributed by atoms with Gasteiger partial charge in [0.15, 0.2) is 0 Å². The summed E-state index contributed by atoms with van der Waals surface area (Å²) >= 11 is 0. The number of imidazole rings is 1. The van der Waals surface area contributed by atoms with Crippen LogP contribution in [0.25, 0.3) is 11.0 Å². The van der Waals surface area contributed by atoms with Crippen molar-refractivity contribution in [2.24, 2.45) is 18.5 Å². The molecule has 1 aromatic heterocycles. The average molecular weight is 891 g/mol. The number of piperidine rings is 1. The first-order chi connectivity index (χ1) is 31.3. The molecule has 4 aromatic rings. The van der Waals surface area contributed by atoms with Crippen molar-refractivity contribution in [1.82, 2.24) is 34.9 Å². The van der Waals surface area contributed by atoms with Gasteiger partial charge in [-0.3, -0.25) is 48.0 Å². The number of hydrogen-bond acceptors (Lipinski definition) is 10. The molecule has 0 bridgehead atoms. The number of aryl methyl sites for hydroxylation is 1. The molecule has 3 fully saturated rings. The highest BCUT2D eigenvalue weighted by atomic mass is 16.2. The Bertz CT molecular complexity index is 2430. The number of anilines is 1. The van der Waals surface area contributed by atoms with E-state index in [2.05, 4.69) is 21.3 Å². The molecule has 1 unspecified atom stereocenters. The first-order valence-electron chi connectivity index (χ1n) is 22.4. The van der Waals surface area contributed by atoms with Crippen LogP contribution in [0.15, 0.2) is 83.7 Å². The van der Waals surface area contributed by atoms with E-state index in [1.165, 1.54) is 14.0 Å². The lowest BCUT2D eigenvalue weighted by molar-refractivity contribution is -0.145. The summed E-state index contributed by atoms with van der Waals surface area (Å²) in [5, 5.41) is 11.6. The number of fused-ring (bicyclic) bond motifs is 2. The predicted octanol–water partition coefficient (Wildman–Crippen LogP) is 1.87. The van der Waals surface area contributed by atoms with Crippen molar-refractivity contribution in [2.75, 3.05) is 25.0 Å². The zero-order valence-electron chi connectivity index (χ0n) is 36.6.